The van der Waals surface area contributed by atoms with Crippen LogP contribution in [0, 0.1) is 0 Å². The number of phenolic OH excluding ortho intramolecular Hbond substituents is 1. The number of phenols is 1. The number of benzene rings is 2. The largest absolute Gasteiger partial charge is 0.505 e. The van der Waals surface area contributed by atoms with E-state index in [-0.39, 0.29) is 22.9 Å². The highest BCUT2D eigenvalue weighted by atomic mass is 16.5. The number of nitrogens with zero attached hydrogens (tertiary/aromatic N) is 1. The maximum atomic E-state index is 12.5. The first-order valence-electron chi connectivity index (χ1n) is 8.92. The molecule has 0 radical (unpaired) electrons. The van der Waals surface area contributed by atoms with E-state index >= 15 is 0 Å². The smallest absolute Gasteiger partial charge is 0.341 e. The number of esters is 1. The molecule has 0 spiro atoms. The first-order valence-corrected chi connectivity index (χ1v) is 8.92. The average molecular weight is 370 g/mol. The summed E-state index contributed by atoms with van der Waals surface area (Å²) in [6, 6.07) is 12.3. The monoisotopic (exact) mass is 370 g/mol. The van der Waals surface area contributed by atoms with Crippen LogP contribution in [0.2, 0.25) is 0 Å². The molecule has 2 aromatic carbocycles. The Morgan fingerprint density at radius 2 is 1.81 bits per heavy atom. The number of para-hydroxylation sites is 1. The molecule has 0 aliphatic carbocycles. The highest BCUT2D eigenvalue weighted by molar-refractivity contribution is 6.06. The third-order valence-electron chi connectivity index (χ3n) is 4.43. The van der Waals surface area contributed by atoms with E-state index in [4.69, 9.17) is 0 Å². The van der Waals surface area contributed by atoms with E-state index in [1.54, 1.807) is 18.2 Å². The molecule has 0 aliphatic rings. The van der Waals surface area contributed by atoms with Gasteiger partial charge in [-0.2, -0.15) is 0 Å². The van der Waals surface area contributed by atoms with Gasteiger partial charge in [0.15, 0.2) is 5.75 Å². The van der Waals surface area contributed by atoms with Gasteiger partial charge in [0.25, 0.3) is 5.91 Å². The zero-order valence-corrected chi connectivity index (χ0v) is 16.2. The molecule has 0 atom stereocenters. The zero-order chi connectivity index (χ0) is 20.0. The standard InChI is InChI=1S/C21H26N2O4/c1-5-23(14(2)3)13-15-9-11-16(12-10-15)20(25)22-18-8-6-7-17(19(18)24)21(26)27-4/h6-12,14,24H,5,13H2,1-4H3,(H,22,25). The zero-order valence-electron chi connectivity index (χ0n) is 16.2. The van der Waals surface area contributed by atoms with Crippen molar-refractivity contribution in [1.29, 1.82) is 0 Å². The number of ether oxygens (including phenoxy) is 1. The molecule has 27 heavy (non-hydrogen) atoms. The molecule has 2 N–H and O–H groups in total. The molecule has 0 saturated heterocycles. The first-order chi connectivity index (χ1) is 12.9. The lowest BCUT2D eigenvalue weighted by Gasteiger charge is -2.24. The number of anilines is 1. The van der Waals surface area contributed by atoms with Gasteiger partial charge in [-0.15, -0.1) is 0 Å². The molecule has 2 aromatic rings. The van der Waals surface area contributed by atoms with Gasteiger partial charge in [0, 0.05) is 18.2 Å². The van der Waals surface area contributed by atoms with Gasteiger partial charge in [-0.25, -0.2) is 4.79 Å². The van der Waals surface area contributed by atoms with Crippen LogP contribution in [-0.4, -0.2) is 41.6 Å². The number of amides is 1. The lowest BCUT2D eigenvalue weighted by Crippen LogP contribution is -2.29. The van der Waals surface area contributed by atoms with E-state index in [2.05, 4.69) is 35.7 Å². The van der Waals surface area contributed by atoms with Crippen LogP contribution in [0.4, 0.5) is 5.69 Å². The van der Waals surface area contributed by atoms with Crippen molar-refractivity contribution in [2.24, 2.45) is 0 Å². The molecule has 2 rings (SSSR count). The average Bonchev–Trinajstić information content (AvgIpc) is 2.67. The predicted octanol–water partition coefficient (Wildman–Crippen LogP) is 3.66. The van der Waals surface area contributed by atoms with Gasteiger partial charge < -0.3 is 15.2 Å². The second-order valence-electron chi connectivity index (χ2n) is 6.50. The van der Waals surface area contributed by atoms with E-state index in [9.17, 15) is 14.7 Å². The van der Waals surface area contributed by atoms with Crippen LogP contribution >= 0.6 is 0 Å². The van der Waals surface area contributed by atoms with Gasteiger partial charge >= 0.3 is 5.97 Å². The fraction of sp³-hybridized carbons (Fsp3) is 0.333. The van der Waals surface area contributed by atoms with E-state index < -0.39 is 5.97 Å². The van der Waals surface area contributed by atoms with Crippen molar-refractivity contribution in [3.63, 3.8) is 0 Å². The van der Waals surface area contributed by atoms with Crippen molar-refractivity contribution in [1.82, 2.24) is 4.90 Å². The normalized spacial score (nSPS) is 10.9. The summed E-state index contributed by atoms with van der Waals surface area (Å²) in [5, 5.41) is 12.8. The van der Waals surface area contributed by atoms with Crippen LogP contribution in [0.5, 0.6) is 5.75 Å². The molecule has 0 bridgehead atoms. The molecular formula is C21H26N2O4. The number of hydrogen-bond donors (Lipinski definition) is 2. The summed E-state index contributed by atoms with van der Waals surface area (Å²) >= 11 is 0. The summed E-state index contributed by atoms with van der Waals surface area (Å²) in [4.78, 5) is 26.4. The Bertz CT molecular complexity index is 800. The molecule has 0 aromatic heterocycles. The lowest BCUT2D eigenvalue weighted by atomic mass is 10.1. The molecule has 0 aliphatic heterocycles. The number of methoxy groups -OCH3 is 1. The fourth-order valence-corrected chi connectivity index (χ4v) is 2.77. The van der Waals surface area contributed by atoms with Crippen LogP contribution in [-0.2, 0) is 11.3 Å². The number of hydrogen-bond acceptors (Lipinski definition) is 5. The van der Waals surface area contributed by atoms with Crippen molar-refractivity contribution in [2.45, 2.75) is 33.4 Å². The molecule has 144 valence electrons. The van der Waals surface area contributed by atoms with Crippen LogP contribution < -0.4 is 5.32 Å². The minimum atomic E-state index is -0.668. The maximum Gasteiger partial charge on any atom is 0.341 e. The van der Waals surface area contributed by atoms with Gasteiger partial charge in [0.2, 0.25) is 0 Å². The number of rotatable bonds is 7. The summed E-state index contributed by atoms with van der Waals surface area (Å²) in [5.41, 5.74) is 1.75. The lowest BCUT2D eigenvalue weighted by molar-refractivity contribution is 0.0597. The summed E-state index contributed by atoms with van der Waals surface area (Å²) in [5.74, 6) is -1.35. The molecule has 0 heterocycles. The number of carbonyl (C=O) groups is 2. The summed E-state index contributed by atoms with van der Waals surface area (Å²) < 4.78 is 4.62. The summed E-state index contributed by atoms with van der Waals surface area (Å²) in [6.45, 7) is 8.20. The Balaban J connectivity index is 2.12. The molecule has 6 heteroatoms. The number of carbonyl (C=O) groups excluding carboxylic acids is 2. The highest BCUT2D eigenvalue weighted by Crippen LogP contribution is 2.28. The van der Waals surface area contributed by atoms with Crippen molar-refractivity contribution >= 4 is 17.6 Å². The molecule has 1 amide bonds. The van der Waals surface area contributed by atoms with E-state index in [1.165, 1.54) is 19.2 Å². The topological polar surface area (TPSA) is 78.9 Å². The Morgan fingerprint density at radius 1 is 1.15 bits per heavy atom. The van der Waals surface area contributed by atoms with E-state index in [0.29, 0.717) is 11.6 Å². The predicted molar refractivity (Wildman–Crippen MR) is 105 cm³/mol. The van der Waals surface area contributed by atoms with Crippen LogP contribution in [0.1, 0.15) is 47.1 Å². The Labute approximate surface area is 159 Å². The quantitative estimate of drug-likeness (QED) is 0.574. The van der Waals surface area contributed by atoms with Gasteiger partial charge in [-0.1, -0.05) is 25.1 Å². The van der Waals surface area contributed by atoms with E-state index in [0.717, 1.165) is 18.7 Å². The molecule has 0 saturated carbocycles. The molecule has 0 unspecified atom stereocenters. The molecular weight excluding hydrogens is 344 g/mol. The highest BCUT2D eigenvalue weighted by Gasteiger charge is 2.16. The molecule has 0 fully saturated rings. The van der Waals surface area contributed by atoms with Gasteiger partial charge in [0.1, 0.15) is 5.56 Å². The maximum absolute atomic E-state index is 12.5. The summed E-state index contributed by atoms with van der Waals surface area (Å²) in [7, 11) is 1.23. The second kappa shape index (κ2) is 9.19. The minimum absolute atomic E-state index is 0.000935. The van der Waals surface area contributed by atoms with Crippen LogP contribution in [0.3, 0.4) is 0 Å². The third kappa shape index (κ3) is 5.08. The van der Waals surface area contributed by atoms with Crippen molar-refractivity contribution in [2.75, 3.05) is 19.0 Å². The van der Waals surface area contributed by atoms with Crippen LogP contribution in [0.25, 0.3) is 0 Å². The second-order valence-corrected chi connectivity index (χ2v) is 6.50. The van der Waals surface area contributed by atoms with Crippen molar-refractivity contribution < 1.29 is 19.4 Å². The minimum Gasteiger partial charge on any atom is -0.505 e. The van der Waals surface area contributed by atoms with Gasteiger partial charge in [-0.05, 0) is 50.2 Å². The van der Waals surface area contributed by atoms with Gasteiger partial charge in [-0.3, -0.25) is 9.69 Å². The number of nitrogens with one attached hydrogen (secondary N) is 1. The SMILES string of the molecule is CCN(Cc1ccc(C(=O)Nc2cccc(C(=O)OC)c2O)cc1)C(C)C. The first kappa shape index (κ1) is 20.5. The Morgan fingerprint density at radius 3 is 2.37 bits per heavy atom. The van der Waals surface area contributed by atoms with Crippen molar-refractivity contribution in [3.8, 4) is 5.75 Å². The van der Waals surface area contributed by atoms with E-state index in [1.807, 2.05) is 12.1 Å². The number of aromatic hydroxyl groups is 1. The van der Waals surface area contributed by atoms with Gasteiger partial charge in [0.05, 0.1) is 12.8 Å². The fourth-order valence-electron chi connectivity index (χ4n) is 2.77. The molecule has 6 nitrogen and oxygen atoms in total. The summed E-state index contributed by atoms with van der Waals surface area (Å²) in [6.07, 6.45) is 0. The van der Waals surface area contributed by atoms with Crippen molar-refractivity contribution in [3.05, 3.63) is 59.2 Å². The van der Waals surface area contributed by atoms with Crippen LogP contribution in [0.15, 0.2) is 42.5 Å². The Kier molecular flexibility index (Phi) is 6.96. The Hall–Kier alpha value is -2.86. The third-order valence-corrected chi connectivity index (χ3v) is 4.43.